The normalized spacial score (nSPS) is 18.2. The first-order valence-electron chi connectivity index (χ1n) is 8.31. The number of hydrogen-bond donors (Lipinski definition) is 0. The van der Waals surface area contributed by atoms with E-state index in [0.717, 1.165) is 51.3 Å². The third kappa shape index (κ3) is 2.73. The molecule has 0 saturated carbocycles. The van der Waals surface area contributed by atoms with Crippen LogP contribution in [-0.2, 0) is 0 Å². The summed E-state index contributed by atoms with van der Waals surface area (Å²) in [5.41, 5.74) is 0.927. The third-order valence-electron chi connectivity index (χ3n) is 4.66. The molecule has 0 bridgehead atoms. The molecule has 0 N–H and O–H groups in total. The van der Waals surface area contributed by atoms with Crippen molar-refractivity contribution < 1.29 is 9.53 Å². The number of thiophene rings is 1. The molecular weight excluding hydrogens is 320 g/mol. The molecule has 1 aromatic carbocycles. The highest BCUT2D eigenvalue weighted by Gasteiger charge is 2.23. The van der Waals surface area contributed by atoms with E-state index in [-0.39, 0.29) is 5.91 Å². The molecule has 1 amide bonds. The lowest BCUT2D eigenvalue weighted by molar-refractivity contribution is 0.0688. The summed E-state index contributed by atoms with van der Waals surface area (Å²) >= 11 is 1.49. The predicted octanol–water partition coefficient (Wildman–Crippen LogP) is 4.33. The molecule has 2 aromatic heterocycles. The lowest BCUT2D eigenvalue weighted by Gasteiger charge is -2.30. The van der Waals surface area contributed by atoms with Gasteiger partial charge in [0.1, 0.15) is 10.6 Å². The van der Waals surface area contributed by atoms with Crippen LogP contribution in [0.5, 0.6) is 5.75 Å². The molecule has 1 fully saturated rings. The lowest BCUT2D eigenvalue weighted by atomic mass is 10.0. The summed E-state index contributed by atoms with van der Waals surface area (Å²) in [6.45, 7) is 3.94. The van der Waals surface area contributed by atoms with Crippen LogP contribution in [0, 0.1) is 5.92 Å². The van der Waals surface area contributed by atoms with Crippen LogP contribution in [0.1, 0.15) is 29.4 Å². The van der Waals surface area contributed by atoms with Crippen molar-refractivity contribution in [2.45, 2.75) is 19.8 Å². The Balaban J connectivity index is 1.71. The van der Waals surface area contributed by atoms with Crippen molar-refractivity contribution in [3.63, 3.8) is 0 Å². The highest BCUT2D eigenvalue weighted by Crippen LogP contribution is 2.30. The summed E-state index contributed by atoms with van der Waals surface area (Å²) < 4.78 is 5.28. The highest BCUT2D eigenvalue weighted by atomic mass is 32.1. The molecule has 0 unspecified atom stereocenters. The van der Waals surface area contributed by atoms with Gasteiger partial charge in [-0.15, -0.1) is 11.3 Å². The van der Waals surface area contributed by atoms with Crippen molar-refractivity contribution in [3.8, 4) is 5.75 Å². The van der Waals surface area contributed by atoms with Crippen molar-refractivity contribution in [2.24, 2.45) is 5.92 Å². The number of likely N-dealkylation sites (tertiary alicyclic amines) is 1. The van der Waals surface area contributed by atoms with Gasteiger partial charge in [0.15, 0.2) is 0 Å². The minimum absolute atomic E-state index is 0.145. The molecule has 124 valence electrons. The first-order valence-corrected chi connectivity index (χ1v) is 9.13. The fourth-order valence-corrected chi connectivity index (χ4v) is 4.37. The average molecular weight is 340 g/mol. The summed E-state index contributed by atoms with van der Waals surface area (Å²) in [5, 5.41) is 2.06. The Bertz CT molecular complexity index is 918. The van der Waals surface area contributed by atoms with Crippen LogP contribution in [0.2, 0.25) is 0 Å². The molecule has 0 radical (unpaired) electrons. The van der Waals surface area contributed by atoms with Crippen LogP contribution >= 0.6 is 11.3 Å². The van der Waals surface area contributed by atoms with Crippen LogP contribution in [0.3, 0.4) is 0 Å². The average Bonchev–Trinajstić information content (AvgIpc) is 3.01. The molecule has 4 nitrogen and oxygen atoms in total. The molecule has 4 rings (SSSR count). The number of piperidine rings is 1. The molecule has 24 heavy (non-hydrogen) atoms. The van der Waals surface area contributed by atoms with E-state index < -0.39 is 0 Å². The molecule has 3 aromatic rings. The summed E-state index contributed by atoms with van der Waals surface area (Å²) in [6, 6.07) is 9.92. The standard InChI is InChI=1S/C19H20N2O2S/c1-12-4-3-7-21(11-12)19(22)17-10-14-8-13-9-15(23-2)5-6-16(13)20-18(14)24-17/h5-6,8-10,12H,3-4,7,11H2,1-2H3/t12-/m0/s1. The van der Waals surface area contributed by atoms with Gasteiger partial charge < -0.3 is 9.64 Å². The van der Waals surface area contributed by atoms with Gasteiger partial charge in [-0.05, 0) is 49.1 Å². The van der Waals surface area contributed by atoms with Crippen molar-refractivity contribution in [1.82, 2.24) is 9.88 Å². The Morgan fingerprint density at radius 1 is 1.29 bits per heavy atom. The van der Waals surface area contributed by atoms with Crippen molar-refractivity contribution in [1.29, 1.82) is 0 Å². The van der Waals surface area contributed by atoms with E-state index in [9.17, 15) is 4.79 Å². The number of benzene rings is 1. The smallest absolute Gasteiger partial charge is 0.264 e. The predicted molar refractivity (Wildman–Crippen MR) is 98.0 cm³/mol. The van der Waals surface area contributed by atoms with E-state index in [2.05, 4.69) is 13.0 Å². The first-order chi connectivity index (χ1) is 11.6. The number of fused-ring (bicyclic) bond motifs is 2. The molecule has 0 aliphatic carbocycles. The second-order valence-electron chi connectivity index (χ2n) is 6.55. The van der Waals surface area contributed by atoms with Crippen molar-refractivity contribution >= 4 is 38.4 Å². The number of nitrogens with zero attached hydrogens (tertiary/aromatic N) is 2. The van der Waals surface area contributed by atoms with E-state index in [1.807, 2.05) is 29.2 Å². The number of rotatable bonds is 2. The maximum atomic E-state index is 12.8. The lowest BCUT2D eigenvalue weighted by Crippen LogP contribution is -2.38. The van der Waals surface area contributed by atoms with Gasteiger partial charge in [-0.2, -0.15) is 0 Å². The summed E-state index contributed by atoms with van der Waals surface area (Å²) in [5.74, 6) is 1.55. The maximum absolute atomic E-state index is 12.8. The Kier molecular flexibility index (Phi) is 3.88. The van der Waals surface area contributed by atoms with E-state index in [1.165, 1.54) is 17.8 Å². The van der Waals surface area contributed by atoms with Gasteiger partial charge in [-0.25, -0.2) is 4.98 Å². The van der Waals surface area contributed by atoms with E-state index in [4.69, 9.17) is 9.72 Å². The molecule has 1 aliphatic heterocycles. The Hall–Kier alpha value is -2.14. The first kappa shape index (κ1) is 15.4. The Labute approximate surface area is 145 Å². The Morgan fingerprint density at radius 3 is 2.96 bits per heavy atom. The number of carbonyl (C=O) groups is 1. The number of carbonyl (C=O) groups excluding carboxylic acids is 1. The van der Waals surface area contributed by atoms with Crippen molar-refractivity contribution in [2.75, 3.05) is 20.2 Å². The Morgan fingerprint density at radius 2 is 2.17 bits per heavy atom. The molecule has 1 saturated heterocycles. The molecule has 3 heterocycles. The fraction of sp³-hybridized carbons (Fsp3) is 0.368. The van der Waals surface area contributed by atoms with Crippen LogP contribution in [0.25, 0.3) is 21.1 Å². The third-order valence-corrected chi connectivity index (χ3v) is 5.70. The van der Waals surface area contributed by atoms with Crippen LogP contribution in [0.15, 0.2) is 30.3 Å². The van der Waals surface area contributed by atoms with Gasteiger partial charge in [-0.1, -0.05) is 6.92 Å². The van der Waals surface area contributed by atoms with Gasteiger partial charge in [0.25, 0.3) is 5.91 Å². The van der Waals surface area contributed by atoms with Gasteiger partial charge >= 0.3 is 0 Å². The van der Waals surface area contributed by atoms with Crippen LogP contribution < -0.4 is 4.74 Å². The van der Waals surface area contributed by atoms with Gasteiger partial charge in [0, 0.05) is 23.9 Å². The number of methoxy groups -OCH3 is 1. The fourth-order valence-electron chi connectivity index (χ4n) is 3.38. The molecule has 5 heteroatoms. The molecule has 1 atom stereocenters. The topological polar surface area (TPSA) is 42.4 Å². The molecular formula is C19H20N2O2S. The zero-order valence-corrected chi connectivity index (χ0v) is 14.7. The van der Waals surface area contributed by atoms with E-state index in [1.54, 1.807) is 7.11 Å². The number of hydrogen-bond acceptors (Lipinski definition) is 4. The highest BCUT2D eigenvalue weighted by molar-refractivity contribution is 7.20. The van der Waals surface area contributed by atoms with Crippen molar-refractivity contribution in [3.05, 3.63) is 35.2 Å². The minimum Gasteiger partial charge on any atom is -0.497 e. The number of amides is 1. The van der Waals surface area contributed by atoms with Crippen LogP contribution in [0.4, 0.5) is 0 Å². The van der Waals surface area contributed by atoms with E-state index >= 15 is 0 Å². The number of pyridine rings is 1. The van der Waals surface area contributed by atoms with Gasteiger partial charge in [-0.3, -0.25) is 4.79 Å². The zero-order chi connectivity index (χ0) is 16.7. The summed E-state index contributed by atoms with van der Waals surface area (Å²) in [4.78, 5) is 21.2. The quantitative estimate of drug-likeness (QED) is 0.697. The number of aromatic nitrogens is 1. The molecule has 1 aliphatic rings. The maximum Gasteiger partial charge on any atom is 0.264 e. The van der Waals surface area contributed by atoms with E-state index in [0.29, 0.717) is 5.92 Å². The molecule has 0 spiro atoms. The summed E-state index contributed by atoms with van der Waals surface area (Å²) in [7, 11) is 1.66. The largest absolute Gasteiger partial charge is 0.497 e. The van der Waals surface area contributed by atoms with Crippen LogP contribution in [-0.4, -0.2) is 36.0 Å². The second kappa shape index (κ2) is 6.06. The number of ether oxygens (including phenoxy) is 1. The second-order valence-corrected chi connectivity index (χ2v) is 7.58. The monoisotopic (exact) mass is 340 g/mol. The minimum atomic E-state index is 0.145. The van der Waals surface area contributed by atoms with Gasteiger partial charge in [0.2, 0.25) is 0 Å². The zero-order valence-electron chi connectivity index (χ0n) is 13.9. The van der Waals surface area contributed by atoms with Gasteiger partial charge in [0.05, 0.1) is 17.5 Å². The summed E-state index contributed by atoms with van der Waals surface area (Å²) in [6.07, 6.45) is 2.31. The SMILES string of the molecule is COc1ccc2nc3sc(C(=O)N4CCC[C@H](C)C4)cc3cc2c1.